The van der Waals surface area contributed by atoms with Gasteiger partial charge in [0, 0.05) is 11.1 Å². The summed E-state index contributed by atoms with van der Waals surface area (Å²) in [5.74, 6) is -0.216. The van der Waals surface area contributed by atoms with Gasteiger partial charge in [-0.1, -0.05) is 54.6 Å². The maximum atomic E-state index is 13.8. The number of anilines is 1. The Morgan fingerprint density at radius 1 is 0.897 bits per heavy atom. The van der Waals surface area contributed by atoms with Gasteiger partial charge in [0.1, 0.15) is 18.2 Å². The Morgan fingerprint density at radius 3 is 2.38 bits per heavy atom. The highest BCUT2D eigenvalue weighted by Gasteiger charge is 2.36. The van der Waals surface area contributed by atoms with Crippen molar-refractivity contribution in [3.05, 3.63) is 101 Å². The Bertz CT molecular complexity index is 1100. The SMILES string of the molecule is O=C1S/C(=C/c2ccccc2OCc2ccccc2F)C(=O)N1c1ccccc1. The van der Waals surface area contributed by atoms with Crippen LogP contribution in [-0.2, 0) is 11.4 Å². The molecule has 0 atom stereocenters. The fraction of sp³-hybridized carbons (Fsp3) is 0.0435. The van der Waals surface area contributed by atoms with Crippen LogP contribution in [0.1, 0.15) is 11.1 Å². The average molecular weight is 405 g/mol. The van der Waals surface area contributed by atoms with Gasteiger partial charge in [0.05, 0.1) is 10.6 Å². The van der Waals surface area contributed by atoms with Crippen LogP contribution in [0.4, 0.5) is 14.9 Å². The first-order valence-corrected chi connectivity index (χ1v) is 9.73. The number of imide groups is 1. The van der Waals surface area contributed by atoms with Crippen molar-refractivity contribution in [1.29, 1.82) is 0 Å². The largest absolute Gasteiger partial charge is 0.488 e. The van der Waals surface area contributed by atoms with Gasteiger partial charge < -0.3 is 4.74 Å². The summed E-state index contributed by atoms with van der Waals surface area (Å²) in [4.78, 5) is 26.6. The summed E-state index contributed by atoms with van der Waals surface area (Å²) in [6.45, 7) is 0.0586. The van der Waals surface area contributed by atoms with Crippen LogP contribution in [0.2, 0.25) is 0 Å². The highest BCUT2D eigenvalue weighted by atomic mass is 32.2. The predicted octanol–water partition coefficient (Wildman–Crippen LogP) is 5.65. The highest BCUT2D eigenvalue weighted by Crippen LogP contribution is 2.36. The lowest BCUT2D eigenvalue weighted by Gasteiger charge is -2.12. The molecule has 1 fully saturated rings. The normalized spacial score (nSPS) is 15.2. The van der Waals surface area contributed by atoms with Crippen molar-refractivity contribution in [3.8, 4) is 5.75 Å². The van der Waals surface area contributed by atoms with Crippen LogP contribution in [-0.4, -0.2) is 11.1 Å². The van der Waals surface area contributed by atoms with Gasteiger partial charge in [0.25, 0.3) is 11.1 Å². The van der Waals surface area contributed by atoms with Gasteiger partial charge in [-0.3, -0.25) is 9.59 Å². The van der Waals surface area contributed by atoms with E-state index in [1.165, 1.54) is 6.07 Å². The van der Waals surface area contributed by atoms with E-state index in [9.17, 15) is 14.0 Å². The van der Waals surface area contributed by atoms with E-state index in [4.69, 9.17) is 4.74 Å². The van der Waals surface area contributed by atoms with E-state index >= 15 is 0 Å². The van der Waals surface area contributed by atoms with E-state index in [0.29, 0.717) is 27.5 Å². The van der Waals surface area contributed by atoms with Crippen molar-refractivity contribution in [2.45, 2.75) is 6.61 Å². The first kappa shape index (κ1) is 19.0. The van der Waals surface area contributed by atoms with Crippen LogP contribution in [0.5, 0.6) is 5.75 Å². The molecule has 6 heteroatoms. The minimum absolute atomic E-state index is 0.0586. The number of para-hydroxylation sites is 2. The fourth-order valence-electron chi connectivity index (χ4n) is 2.91. The number of hydrogen-bond acceptors (Lipinski definition) is 4. The van der Waals surface area contributed by atoms with E-state index < -0.39 is 0 Å². The van der Waals surface area contributed by atoms with Crippen molar-refractivity contribution in [3.63, 3.8) is 0 Å². The molecule has 0 aliphatic carbocycles. The summed E-state index contributed by atoms with van der Waals surface area (Å²) in [6, 6.07) is 22.3. The van der Waals surface area contributed by atoms with E-state index in [0.717, 1.165) is 16.7 Å². The van der Waals surface area contributed by atoms with Crippen LogP contribution in [0.25, 0.3) is 6.08 Å². The maximum Gasteiger partial charge on any atom is 0.298 e. The first-order chi connectivity index (χ1) is 14.1. The summed E-state index contributed by atoms with van der Waals surface area (Å²) in [6.07, 6.45) is 1.63. The van der Waals surface area contributed by atoms with Crippen molar-refractivity contribution in [2.24, 2.45) is 0 Å². The van der Waals surface area contributed by atoms with Crippen molar-refractivity contribution in [2.75, 3.05) is 4.90 Å². The zero-order valence-corrected chi connectivity index (χ0v) is 16.1. The minimum atomic E-state index is -0.380. The van der Waals surface area contributed by atoms with Crippen molar-refractivity contribution in [1.82, 2.24) is 0 Å². The Kier molecular flexibility index (Phi) is 5.44. The van der Waals surface area contributed by atoms with E-state index in [-0.39, 0.29) is 23.6 Å². The second kappa shape index (κ2) is 8.32. The molecular weight excluding hydrogens is 389 g/mol. The third-order valence-electron chi connectivity index (χ3n) is 4.35. The van der Waals surface area contributed by atoms with Crippen LogP contribution in [0, 0.1) is 5.82 Å². The lowest BCUT2D eigenvalue weighted by molar-refractivity contribution is -0.113. The number of amides is 2. The molecule has 0 N–H and O–H groups in total. The maximum absolute atomic E-state index is 13.8. The zero-order valence-electron chi connectivity index (χ0n) is 15.2. The van der Waals surface area contributed by atoms with E-state index in [1.54, 1.807) is 66.7 Å². The number of rotatable bonds is 5. The van der Waals surface area contributed by atoms with Crippen LogP contribution >= 0.6 is 11.8 Å². The van der Waals surface area contributed by atoms with E-state index in [1.807, 2.05) is 12.1 Å². The minimum Gasteiger partial charge on any atom is -0.488 e. The molecule has 1 saturated heterocycles. The zero-order chi connectivity index (χ0) is 20.2. The predicted molar refractivity (Wildman–Crippen MR) is 112 cm³/mol. The quantitative estimate of drug-likeness (QED) is 0.515. The summed E-state index contributed by atoms with van der Waals surface area (Å²) >= 11 is 0.880. The Balaban J connectivity index is 1.58. The lowest BCUT2D eigenvalue weighted by Crippen LogP contribution is -2.27. The molecule has 1 heterocycles. The smallest absolute Gasteiger partial charge is 0.298 e. The number of carbonyl (C=O) groups excluding carboxylic acids is 2. The number of nitrogens with zero attached hydrogens (tertiary/aromatic N) is 1. The molecule has 0 radical (unpaired) electrons. The molecule has 2 amide bonds. The molecule has 0 aromatic heterocycles. The van der Waals surface area contributed by atoms with E-state index in [2.05, 4.69) is 0 Å². The standard InChI is InChI=1S/C23H16FNO3S/c24-19-12-6-4-9-17(19)15-28-20-13-7-5-8-16(20)14-21-22(26)25(23(27)29-21)18-10-2-1-3-11-18/h1-14H,15H2/b21-14+. The highest BCUT2D eigenvalue weighted by molar-refractivity contribution is 8.19. The third kappa shape index (κ3) is 4.07. The number of thioether (sulfide) groups is 1. The summed E-state index contributed by atoms with van der Waals surface area (Å²) in [5.41, 5.74) is 1.61. The van der Waals surface area contributed by atoms with Crippen molar-refractivity contribution >= 4 is 34.7 Å². The van der Waals surface area contributed by atoms with Gasteiger partial charge in [-0.05, 0) is 42.1 Å². The molecule has 1 aliphatic rings. The Morgan fingerprint density at radius 2 is 1.59 bits per heavy atom. The van der Waals surface area contributed by atoms with Gasteiger partial charge in [-0.2, -0.15) is 0 Å². The lowest BCUT2D eigenvalue weighted by atomic mass is 10.1. The first-order valence-electron chi connectivity index (χ1n) is 8.92. The molecule has 144 valence electrons. The number of hydrogen-bond donors (Lipinski definition) is 0. The Hall–Kier alpha value is -3.38. The second-order valence-electron chi connectivity index (χ2n) is 6.27. The number of carbonyl (C=O) groups is 2. The molecule has 0 bridgehead atoms. The Labute approximate surface area is 171 Å². The second-order valence-corrected chi connectivity index (χ2v) is 7.26. The molecule has 4 rings (SSSR count). The molecule has 29 heavy (non-hydrogen) atoms. The average Bonchev–Trinajstić information content (AvgIpc) is 3.02. The van der Waals surface area contributed by atoms with Crippen LogP contribution in [0.3, 0.4) is 0 Å². The van der Waals surface area contributed by atoms with Gasteiger partial charge in [-0.15, -0.1) is 0 Å². The van der Waals surface area contributed by atoms with Crippen LogP contribution < -0.4 is 9.64 Å². The van der Waals surface area contributed by atoms with Crippen LogP contribution in [0.15, 0.2) is 83.8 Å². The van der Waals surface area contributed by atoms with Gasteiger partial charge in [-0.25, -0.2) is 9.29 Å². The fourth-order valence-corrected chi connectivity index (χ4v) is 3.74. The molecule has 3 aromatic rings. The van der Waals surface area contributed by atoms with Gasteiger partial charge in [0.2, 0.25) is 0 Å². The molecule has 3 aromatic carbocycles. The molecule has 4 nitrogen and oxygen atoms in total. The van der Waals surface area contributed by atoms with Gasteiger partial charge >= 0.3 is 0 Å². The number of benzene rings is 3. The molecular formula is C23H16FNO3S. The third-order valence-corrected chi connectivity index (χ3v) is 5.22. The van der Waals surface area contributed by atoms with Gasteiger partial charge in [0.15, 0.2) is 0 Å². The summed E-state index contributed by atoms with van der Waals surface area (Å²) in [7, 11) is 0. The molecule has 0 unspecified atom stereocenters. The number of halogens is 1. The molecule has 0 saturated carbocycles. The molecule has 1 aliphatic heterocycles. The number of ether oxygens (including phenoxy) is 1. The van der Waals surface area contributed by atoms with Crippen molar-refractivity contribution < 1.29 is 18.7 Å². The summed E-state index contributed by atoms with van der Waals surface area (Å²) < 4.78 is 19.6. The topological polar surface area (TPSA) is 46.6 Å². The molecule has 0 spiro atoms. The monoisotopic (exact) mass is 405 g/mol. The summed E-state index contributed by atoms with van der Waals surface area (Å²) in [5, 5.41) is -0.350.